The summed E-state index contributed by atoms with van der Waals surface area (Å²) in [7, 11) is 1.87. The van der Waals surface area contributed by atoms with Gasteiger partial charge in [0.05, 0.1) is 34.8 Å². The lowest BCUT2D eigenvalue weighted by Crippen LogP contribution is -2.46. The molecule has 0 radical (unpaired) electrons. The lowest BCUT2D eigenvalue weighted by Gasteiger charge is -2.37. The molecule has 0 bridgehead atoms. The first-order valence-corrected chi connectivity index (χ1v) is 12.9. The molecular formula is C29H31FN10. The minimum atomic E-state index is -0.859. The molecule has 4 aromatic rings. The molecule has 1 aromatic carbocycles. The predicted molar refractivity (Wildman–Crippen MR) is 153 cm³/mol. The Labute approximate surface area is 232 Å². The number of aromatic nitrogens is 5. The van der Waals surface area contributed by atoms with Crippen LogP contribution in [0.1, 0.15) is 30.7 Å². The average molecular weight is 539 g/mol. The lowest BCUT2D eigenvalue weighted by atomic mass is 9.87. The number of anilines is 1. The van der Waals surface area contributed by atoms with Gasteiger partial charge < -0.3 is 15.5 Å². The fourth-order valence-corrected chi connectivity index (χ4v) is 4.96. The van der Waals surface area contributed by atoms with E-state index in [1.54, 1.807) is 40.1 Å². The van der Waals surface area contributed by atoms with Crippen molar-refractivity contribution in [3.05, 3.63) is 89.5 Å². The molecule has 0 amide bonds. The Kier molecular flexibility index (Phi) is 7.19. The normalized spacial score (nSPS) is 15.8. The van der Waals surface area contributed by atoms with Crippen molar-refractivity contribution in [3.63, 3.8) is 0 Å². The van der Waals surface area contributed by atoms with Crippen LogP contribution in [0.4, 0.5) is 10.3 Å². The molecule has 1 aliphatic rings. The van der Waals surface area contributed by atoms with Crippen molar-refractivity contribution >= 4 is 18.4 Å². The van der Waals surface area contributed by atoms with Gasteiger partial charge in [-0.2, -0.15) is 15.5 Å². The summed E-state index contributed by atoms with van der Waals surface area (Å²) in [4.78, 5) is 13.5. The number of benzene rings is 1. The fourth-order valence-electron chi connectivity index (χ4n) is 4.96. The van der Waals surface area contributed by atoms with Gasteiger partial charge in [-0.1, -0.05) is 12.1 Å². The number of piperazine rings is 1. The number of halogens is 1. The molecule has 40 heavy (non-hydrogen) atoms. The summed E-state index contributed by atoms with van der Waals surface area (Å²) in [5.41, 5.74) is 11.3. The highest BCUT2D eigenvalue weighted by atomic mass is 19.1. The van der Waals surface area contributed by atoms with Crippen LogP contribution in [0.2, 0.25) is 0 Å². The molecule has 0 saturated carbocycles. The molecule has 1 fully saturated rings. The zero-order valence-electron chi connectivity index (χ0n) is 22.8. The number of rotatable bonds is 7. The first-order chi connectivity index (χ1) is 19.2. The van der Waals surface area contributed by atoms with Gasteiger partial charge in [-0.05, 0) is 37.6 Å². The third-order valence-electron chi connectivity index (χ3n) is 7.32. The molecule has 0 aliphatic carbocycles. The molecule has 0 spiro atoms. The highest BCUT2D eigenvalue weighted by Crippen LogP contribution is 2.31. The van der Waals surface area contributed by atoms with Gasteiger partial charge in [-0.15, -0.1) is 0 Å². The van der Waals surface area contributed by atoms with Crippen LogP contribution >= 0.6 is 0 Å². The second-order valence-corrected chi connectivity index (χ2v) is 10.0. The van der Waals surface area contributed by atoms with Crippen molar-refractivity contribution < 1.29 is 4.39 Å². The Morgan fingerprint density at radius 3 is 2.30 bits per heavy atom. The van der Waals surface area contributed by atoms with E-state index in [-0.39, 0.29) is 5.82 Å². The van der Waals surface area contributed by atoms with Crippen LogP contribution in [0.3, 0.4) is 0 Å². The van der Waals surface area contributed by atoms with Crippen LogP contribution in [0.5, 0.6) is 0 Å². The second-order valence-electron chi connectivity index (χ2n) is 10.0. The monoisotopic (exact) mass is 538 g/mol. The van der Waals surface area contributed by atoms with Gasteiger partial charge >= 0.3 is 0 Å². The summed E-state index contributed by atoms with van der Waals surface area (Å²) in [5, 5.41) is 18.3. The summed E-state index contributed by atoms with van der Waals surface area (Å²) in [5.74, 6) is 0.298. The zero-order valence-corrected chi connectivity index (χ0v) is 22.8. The van der Waals surface area contributed by atoms with E-state index in [4.69, 9.17) is 5.73 Å². The van der Waals surface area contributed by atoms with Gasteiger partial charge in [0.1, 0.15) is 5.82 Å². The van der Waals surface area contributed by atoms with E-state index in [9.17, 15) is 9.65 Å². The molecule has 0 unspecified atom stereocenters. The second kappa shape index (κ2) is 10.7. The SMILES string of the molecule is C=Nn1cc(-c2cnn(C)c2)cc1/C(=C(\C)C#N)N1CCN(c2ncc([C@@](C)(N)c3ccc(F)cc3)cn2)CC1. The highest BCUT2D eigenvalue weighted by molar-refractivity contribution is 5.74. The van der Waals surface area contributed by atoms with E-state index in [2.05, 4.69) is 42.8 Å². The number of allylic oxidation sites excluding steroid dienone is 1. The Balaban J connectivity index is 1.33. The van der Waals surface area contributed by atoms with Crippen LogP contribution in [0.25, 0.3) is 16.8 Å². The number of nitrogens with two attached hydrogens (primary N) is 1. The first-order valence-electron chi connectivity index (χ1n) is 12.9. The molecular weight excluding hydrogens is 507 g/mol. The van der Waals surface area contributed by atoms with E-state index in [1.807, 2.05) is 39.4 Å². The summed E-state index contributed by atoms with van der Waals surface area (Å²) in [6.45, 7) is 10.1. The standard InChI is InChI=1S/C29H31FN10/c1-20(14-31)27(26-13-21(19-40(26)33-3)22-15-36-37(4)18-22)38-9-11-39(12-10-38)28-34-16-24(17-35-28)29(2,32)23-5-7-25(30)8-6-23/h5-8,13,15-19H,3,9-12,32H2,1-2,4H3/b27-20-/t29-/m0/s1. The third-order valence-corrected chi connectivity index (χ3v) is 7.32. The van der Waals surface area contributed by atoms with Gasteiger partial charge in [-0.3, -0.25) is 4.68 Å². The van der Waals surface area contributed by atoms with Crippen LogP contribution in [0, 0.1) is 17.1 Å². The molecule has 1 aliphatic heterocycles. The van der Waals surface area contributed by atoms with Crippen molar-refractivity contribution in [1.82, 2.24) is 29.3 Å². The maximum absolute atomic E-state index is 13.4. The number of nitriles is 1. The van der Waals surface area contributed by atoms with Crippen LogP contribution in [0.15, 0.2) is 72.0 Å². The zero-order chi connectivity index (χ0) is 28.4. The molecule has 3 aromatic heterocycles. The van der Waals surface area contributed by atoms with E-state index in [1.165, 1.54) is 12.1 Å². The molecule has 10 nitrogen and oxygen atoms in total. The maximum atomic E-state index is 13.4. The van der Waals surface area contributed by atoms with Crippen molar-refractivity contribution in [2.24, 2.45) is 17.9 Å². The van der Waals surface area contributed by atoms with Crippen molar-refractivity contribution in [1.29, 1.82) is 5.26 Å². The Morgan fingerprint density at radius 2 is 1.73 bits per heavy atom. The van der Waals surface area contributed by atoms with Gasteiger partial charge in [0.2, 0.25) is 5.95 Å². The van der Waals surface area contributed by atoms with E-state index in [0.29, 0.717) is 37.7 Å². The van der Waals surface area contributed by atoms with E-state index < -0.39 is 5.54 Å². The van der Waals surface area contributed by atoms with Gasteiger partial charge in [0, 0.05) is 81.4 Å². The average Bonchev–Trinajstić information content (AvgIpc) is 3.60. The first kappa shape index (κ1) is 26.8. The number of hydrogen-bond acceptors (Lipinski definition) is 8. The topological polar surface area (TPSA) is 117 Å². The highest BCUT2D eigenvalue weighted by Gasteiger charge is 2.28. The Morgan fingerprint density at radius 1 is 1.05 bits per heavy atom. The minimum Gasteiger partial charge on any atom is -0.365 e. The molecule has 4 heterocycles. The summed E-state index contributed by atoms with van der Waals surface area (Å²) in [6, 6.07) is 10.5. The van der Waals surface area contributed by atoms with Gasteiger partial charge in [-0.25, -0.2) is 19.0 Å². The Bertz CT molecular complexity index is 1580. The lowest BCUT2D eigenvalue weighted by molar-refractivity contribution is 0.361. The fraction of sp³-hybridized carbons (Fsp3) is 0.276. The van der Waals surface area contributed by atoms with Gasteiger partial charge in [0.25, 0.3) is 0 Å². The maximum Gasteiger partial charge on any atom is 0.225 e. The molecule has 1 atom stereocenters. The van der Waals surface area contributed by atoms with Crippen molar-refractivity contribution in [3.8, 4) is 17.2 Å². The molecule has 1 saturated heterocycles. The summed E-state index contributed by atoms with van der Waals surface area (Å²) >= 11 is 0. The van der Waals surface area contributed by atoms with E-state index >= 15 is 0 Å². The van der Waals surface area contributed by atoms with Crippen molar-refractivity contribution in [2.45, 2.75) is 19.4 Å². The van der Waals surface area contributed by atoms with Gasteiger partial charge in [0.15, 0.2) is 0 Å². The Hall–Kier alpha value is -4.82. The predicted octanol–water partition coefficient (Wildman–Crippen LogP) is 3.58. The van der Waals surface area contributed by atoms with Crippen LogP contribution in [-0.2, 0) is 12.6 Å². The quantitative estimate of drug-likeness (QED) is 0.282. The molecule has 11 heteroatoms. The molecule has 5 rings (SSSR count). The van der Waals surface area contributed by atoms with Crippen LogP contribution < -0.4 is 10.6 Å². The minimum absolute atomic E-state index is 0.309. The van der Waals surface area contributed by atoms with Crippen LogP contribution in [-0.4, -0.2) is 62.2 Å². The number of nitrogens with zero attached hydrogens (tertiary/aromatic N) is 9. The third kappa shape index (κ3) is 5.09. The smallest absolute Gasteiger partial charge is 0.225 e. The van der Waals surface area contributed by atoms with Crippen molar-refractivity contribution in [2.75, 3.05) is 31.1 Å². The molecule has 2 N–H and O–H groups in total. The largest absolute Gasteiger partial charge is 0.365 e. The summed E-state index contributed by atoms with van der Waals surface area (Å²) in [6.07, 6.45) is 9.08. The number of hydrogen-bond donors (Lipinski definition) is 1. The number of aryl methyl sites for hydroxylation is 1. The molecule has 204 valence electrons. The van der Waals surface area contributed by atoms with E-state index in [0.717, 1.165) is 33.6 Å². The summed E-state index contributed by atoms with van der Waals surface area (Å²) < 4.78 is 16.8.